The number of hydrogen-bond donors (Lipinski definition) is 1. The van der Waals surface area contributed by atoms with Gasteiger partial charge in [-0.25, -0.2) is 0 Å². The molecule has 0 aliphatic rings. The summed E-state index contributed by atoms with van der Waals surface area (Å²) in [6, 6.07) is 7.39. The summed E-state index contributed by atoms with van der Waals surface area (Å²) in [6.07, 6.45) is 0. The van der Waals surface area contributed by atoms with E-state index in [1.54, 1.807) is 19.2 Å². The van der Waals surface area contributed by atoms with Gasteiger partial charge in [-0.15, -0.1) is 0 Å². The summed E-state index contributed by atoms with van der Waals surface area (Å²) in [5.41, 5.74) is 1.40. The number of nitrogens with zero attached hydrogens (tertiary/aromatic N) is 1. The van der Waals surface area contributed by atoms with Gasteiger partial charge in [0.2, 0.25) is 0 Å². The molecule has 3 nitrogen and oxygen atoms in total. The van der Waals surface area contributed by atoms with E-state index >= 15 is 0 Å². The smallest absolute Gasteiger partial charge is 0.101 e. The van der Waals surface area contributed by atoms with Gasteiger partial charge in [0.1, 0.15) is 6.07 Å². The average molecular weight is 239 g/mol. The van der Waals surface area contributed by atoms with Gasteiger partial charge in [0, 0.05) is 19.3 Å². The van der Waals surface area contributed by atoms with E-state index in [0.29, 0.717) is 23.1 Å². The molecule has 0 aliphatic carbocycles. The lowest BCUT2D eigenvalue weighted by molar-refractivity contribution is 0.164. The minimum atomic E-state index is 0.422. The lowest BCUT2D eigenvalue weighted by Gasteiger charge is -2.12. The van der Waals surface area contributed by atoms with Crippen LogP contribution in [-0.2, 0) is 4.74 Å². The van der Waals surface area contributed by atoms with E-state index in [0.717, 1.165) is 12.2 Å². The van der Waals surface area contributed by atoms with Crippen molar-refractivity contribution < 1.29 is 4.74 Å². The molecule has 0 saturated heterocycles. The van der Waals surface area contributed by atoms with Crippen LogP contribution in [0.4, 0.5) is 5.69 Å². The van der Waals surface area contributed by atoms with Gasteiger partial charge in [-0.3, -0.25) is 0 Å². The number of benzene rings is 1. The molecule has 0 amide bonds. The summed E-state index contributed by atoms with van der Waals surface area (Å²) >= 11 is 5.84. The summed E-state index contributed by atoms with van der Waals surface area (Å²) in [4.78, 5) is 0. The summed E-state index contributed by atoms with van der Waals surface area (Å²) in [6.45, 7) is 3.61. The maximum absolute atomic E-state index is 8.82. The molecule has 1 atom stereocenters. The predicted molar refractivity (Wildman–Crippen MR) is 65.7 cm³/mol. The molecule has 0 bridgehead atoms. The fourth-order valence-corrected chi connectivity index (χ4v) is 1.52. The van der Waals surface area contributed by atoms with Crippen molar-refractivity contribution in [1.29, 1.82) is 5.26 Å². The molecule has 4 heteroatoms. The zero-order chi connectivity index (χ0) is 12.0. The first-order chi connectivity index (χ1) is 7.67. The maximum Gasteiger partial charge on any atom is 0.101 e. The van der Waals surface area contributed by atoms with Crippen LogP contribution in [0, 0.1) is 17.2 Å². The maximum atomic E-state index is 8.82. The Bertz CT molecular complexity index is 387. The molecule has 0 radical (unpaired) electrons. The summed E-state index contributed by atoms with van der Waals surface area (Å²) < 4.78 is 5.04. The number of rotatable bonds is 5. The third-order valence-corrected chi connectivity index (χ3v) is 2.52. The highest BCUT2D eigenvalue weighted by Crippen LogP contribution is 2.19. The highest BCUT2D eigenvalue weighted by Gasteiger charge is 2.03. The number of nitriles is 1. The Morgan fingerprint density at radius 1 is 1.56 bits per heavy atom. The van der Waals surface area contributed by atoms with Crippen LogP contribution in [0.3, 0.4) is 0 Å². The van der Waals surface area contributed by atoms with Gasteiger partial charge in [-0.1, -0.05) is 18.5 Å². The molecule has 1 aromatic carbocycles. The van der Waals surface area contributed by atoms with Gasteiger partial charge >= 0.3 is 0 Å². The van der Waals surface area contributed by atoms with Crippen LogP contribution < -0.4 is 5.32 Å². The topological polar surface area (TPSA) is 45.0 Å². The van der Waals surface area contributed by atoms with Crippen molar-refractivity contribution in [2.24, 2.45) is 5.92 Å². The van der Waals surface area contributed by atoms with E-state index in [-0.39, 0.29) is 0 Å². The highest BCUT2D eigenvalue weighted by molar-refractivity contribution is 6.31. The summed E-state index contributed by atoms with van der Waals surface area (Å²) in [5.74, 6) is 0.422. The second-order valence-corrected chi connectivity index (χ2v) is 4.16. The van der Waals surface area contributed by atoms with Gasteiger partial charge in [0.25, 0.3) is 0 Å². The molecule has 0 heterocycles. The van der Waals surface area contributed by atoms with Gasteiger partial charge in [0.05, 0.1) is 17.2 Å². The Hall–Kier alpha value is -1.24. The molecule has 16 heavy (non-hydrogen) atoms. The standard InChI is InChI=1S/C12H15ClN2O/c1-9(8-16-2)7-15-11-3-4-12(13)10(5-11)6-14/h3-5,9,15H,7-8H2,1-2H3. The van der Waals surface area contributed by atoms with Gasteiger partial charge in [-0.05, 0) is 24.1 Å². The van der Waals surface area contributed by atoms with Crippen LogP contribution in [0.1, 0.15) is 12.5 Å². The third kappa shape index (κ3) is 3.73. The van der Waals surface area contributed by atoms with Crippen molar-refractivity contribution >= 4 is 17.3 Å². The van der Waals surface area contributed by atoms with Crippen molar-refractivity contribution in [3.63, 3.8) is 0 Å². The number of halogens is 1. The number of anilines is 1. The quantitative estimate of drug-likeness (QED) is 0.858. The first-order valence-corrected chi connectivity index (χ1v) is 5.47. The van der Waals surface area contributed by atoms with Crippen molar-refractivity contribution in [2.75, 3.05) is 25.6 Å². The average Bonchev–Trinajstić information content (AvgIpc) is 2.28. The zero-order valence-corrected chi connectivity index (χ0v) is 10.2. The van der Waals surface area contributed by atoms with E-state index in [9.17, 15) is 0 Å². The SMILES string of the molecule is COCC(C)CNc1ccc(Cl)c(C#N)c1. The molecular formula is C12H15ClN2O. The van der Waals surface area contributed by atoms with Gasteiger partial charge in [0.15, 0.2) is 0 Å². The fraction of sp³-hybridized carbons (Fsp3) is 0.417. The lowest BCUT2D eigenvalue weighted by atomic mass is 10.1. The second-order valence-electron chi connectivity index (χ2n) is 3.75. The van der Waals surface area contributed by atoms with Crippen molar-refractivity contribution in [1.82, 2.24) is 0 Å². The first kappa shape index (κ1) is 12.8. The summed E-state index contributed by atoms with van der Waals surface area (Å²) in [5, 5.41) is 12.5. The normalized spacial score (nSPS) is 11.9. The van der Waals surface area contributed by atoms with Crippen LogP contribution in [0.2, 0.25) is 5.02 Å². The third-order valence-electron chi connectivity index (χ3n) is 2.19. The molecule has 86 valence electrons. The monoisotopic (exact) mass is 238 g/mol. The number of nitrogens with one attached hydrogen (secondary N) is 1. The fourth-order valence-electron chi connectivity index (χ4n) is 1.36. The minimum Gasteiger partial charge on any atom is -0.385 e. The summed E-state index contributed by atoms with van der Waals surface area (Å²) in [7, 11) is 1.69. The Kier molecular flexibility index (Phi) is 5.10. The Morgan fingerprint density at radius 2 is 2.31 bits per heavy atom. The molecule has 1 unspecified atom stereocenters. The molecule has 1 rings (SSSR count). The molecule has 1 N–H and O–H groups in total. The van der Waals surface area contributed by atoms with Crippen molar-refractivity contribution in [3.8, 4) is 6.07 Å². The molecule has 0 aromatic heterocycles. The first-order valence-electron chi connectivity index (χ1n) is 5.09. The Morgan fingerprint density at radius 3 is 2.94 bits per heavy atom. The second kappa shape index (κ2) is 6.37. The van der Waals surface area contributed by atoms with E-state index in [1.165, 1.54) is 0 Å². The molecule has 0 fully saturated rings. The van der Waals surface area contributed by atoms with E-state index in [4.69, 9.17) is 21.6 Å². The van der Waals surface area contributed by atoms with Gasteiger partial charge in [-0.2, -0.15) is 5.26 Å². The Balaban J connectivity index is 2.58. The minimum absolute atomic E-state index is 0.422. The molecule has 0 spiro atoms. The number of hydrogen-bond acceptors (Lipinski definition) is 3. The predicted octanol–water partition coefficient (Wildman–Crippen LogP) is 2.91. The van der Waals surface area contributed by atoms with Crippen molar-refractivity contribution in [2.45, 2.75) is 6.92 Å². The van der Waals surface area contributed by atoms with Crippen LogP contribution in [0.5, 0.6) is 0 Å². The van der Waals surface area contributed by atoms with Gasteiger partial charge < -0.3 is 10.1 Å². The van der Waals surface area contributed by atoms with Crippen molar-refractivity contribution in [3.05, 3.63) is 28.8 Å². The zero-order valence-electron chi connectivity index (χ0n) is 9.46. The molecule has 1 aromatic rings. The van der Waals surface area contributed by atoms with Crippen LogP contribution in [-0.4, -0.2) is 20.3 Å². The number of ether oxygens (including phenoxy) is 1. The molecule has 0 aliphatic heterocycles. The van der Waals surface area contributed by atoms with Crippen LogP contribution in [0.15, 0.2) is 18.2 Å². The highest BCUT2D eigenvalue weighted by atomic mass is 35.5. The van der Waals surface area contributed by atoms with Crippen LogP contribution >= 0.6 is 11.6 Å². The van der Waals surface area contributed by atoms with E-state index < -0.39 is 0 Å². The number of methoxy groups -OCH3 is 1. The van der Waals surface area contributed by atoms with Crippen LogP contribution in [0.25, 0.3) is 0 Å². The molecular weight excluding hydrogens is 224 g/mol. The lowest BCUT2D eigenvalue weighted by Crippen LogP contribution is -2.15. The van der Waals surface area contributed by atoms with E-state index in [1.807, 2.05) is 6.07 Å². The van der Waals surface area contributed by atoms with E-state index in [2.05, 4.69) is 18.3 Å². The Labute approximate surface area is 101 Å². The largest absolute Gasteiger partial charge is 0.385 e. The molecule has 0 saturated carbocycles.